The average molecular weight is 220 g/mol. The topological polar surface area (TPSA) is 82.2 Å². The van der Waals surface area contributed by atoms with Crippen LogP contribution in [0.5, 0.6) is 0 Å². The molecule has 0 aromatic carbocycles. The molecule has 1 aliphatic heterocycles. The maximum Gasteiger partial charge on any atom is 0.289 e. The quantitative estimate of drug-likeness (QED) is 0.445. The van der Waals surface area contributed by atoms with Crippen molar-refractivity contribution in [2.75, 3.05) is 13.1 Å². The number of amides is 1. The van der Waals surface area contributed by atoms with Gasteiger partial charge in [-0.15, -0.1) is 0 Å². The van der Waals surface area contributed by atoms with Gasteiger partial charge >= 0.3 is 0 Å². The summed E-state index contributed by atoms with van der Waals surface area (Å²) in [5, 5.41) is 3.37. The number of furan rings is 1. The van der Waals surface area contributed by atoms with E-state index in [1.807, 2.05) is 0 Å². The van der Waals surface area contributed by atoms with Crippen molar-refractivity contribution in [2.24, 2.45) is 5.11 Å². The summed E-state index contributed by atoms with van der Waals surface area (Å²) in [4.78, 5) is 16.3. The highest BCUT2D eigenvalue weighted by Crippen LogP contribution is 2.15. The number of hydrogen-bond donors (Lipinski definition) is 0. The van der Waals surface area contributed by atoms with Crippen molar-refractivity contribution in [3.05, 3.63) is 34.1 Å². The second-order valence-corrected chi connectivity index (χ2v) is 3.65. The Morgan fingerprint density at radius 2 is 2.25 bits per heavy atom. The third-order valence-electron chi connectivity index (χ3n) is 2.56. The first-order chi connectivity index (χ1) is 7.81. The normalized spacial score (nSPS) is 14.9. The largest absolute Gasteiger partial charge is 0.456 e. The van der Waals surface area contributed by atoms with Gasteiger partial charge in [-0.25, -0.2) is 0 Å². The average Bonchev–Trinajstić information content (AvgIpc) is 2.96. The minimum Gasteiger partial charge on any atom is -0.456 e. The van der Waals surface area contributed by atoms with E-state index in [0.29, 0.717) is 11.5 Å². The molecule has 1 saturated heterocycles. The van der Waals surface area contributed by atoms with Crippen LogP contribution in [0.4, 0.5) is 0 Å². The first-order valence-corrected chi connectivity index (χ1v) is 5.20. The van der Waals surface area contributed by atoms with E-state index in [0.717, 1.165) is 25.9 Å². The van der Waals surface area contributed by atoms with Crippen LogP contribution in [0.3, 0.4) is 0 Å². The zero-order chi connectivity index (χ0) is 11.4. The lowest BCUT2D eigenvalue weighted by molar-refractivity contribution is 0.0759. The Morgan fingerprint density at radius 1 is 1.50 bits per heavy atom. The number of hydrogen-bond acceptors (Lipinski definition) is 3. The molecule has 0 aliphatic carbocycles. The van der Waals surface area contributed by atoms with Gasteiger partial charge < -0.3 is 9.32 Å². The predicted molar refractivity (Wildman–Crippen MR) is 56.7 cm³/mol. The van der Waals surface area contributed by atoms with Crippen LogP contribution in [0.15, 0.2) is 21.7 Å². The number of carbonyl (C=O) groups is 1. The monoisotopic (exact) mass is 220 g/mol. The third-order valence-corrected chi connectivity index (χ3v) is 2.56. The van der Waals surface area contributed by atoms with E-state index in [1.54, 1.807) is 17.0 Å². The molecule has 0 radical (unpaired) electrons. The van der Waals surface area contributed by atoms with Crippen LogP contribution in [-0.4, -0.2) is 23.9 Å². The molecular formula is C10H12N4O2. The molecule has 0 N–H and O–H groups in total. The highest BCUT2D eigenvalue weighted by atomic mass is 16.4. The van der Waals surface area contributed by atoms with E-state index in [1.165, 1.54) is 0 Å². The van der Waals surface area contributed by atoms with Crippen molar-refractivity contribution in [1.82, 2.24) is 4.90 Å². The molecule has 0 atom stereocenters. The molecule has 1 amide bonds. The lowest BCUT2D eigenvalue weighted by Crippen LogP contribution is -2.27. The molecule has 84 valence electrons. The Morgan fingerprint density at radius 3 is 2.94 bits per heavy atom. The summed E-state index contributed by atoms with van der Waals surface area (Å²) in [6.07, 6.45) is 2.11. The Labute approximate surface area is 92.5 Å². The number of likely N-dealkylation sites (tertiary alicyclic amines) is 1. The molecule has 2 heterocycles. The summed E-state index contributed by atoms with van der Waals surface area (Å²) in [6, 6.07) is 3.29. The summed E-state index contributed by atoms with van der Waals surface area (Å²) in [7, 11) is 0. The van der Waals surface area contributed by atoms with Gasteiger partial charge in [0.15, 0.2) is 5.76 Å². The fourth-order valence-corrected chi connectivity index (χ4v) is 1.76. The van der Waals surface area contributed by atoms with Crippen LogP contribution in [0.25, 0.3) is 10.4 Å². The predicted octanol–water partition coefficient (Wildman–Crippen LogP) is 2.33. The van der Waals surface area contributed by atoms with Gasteiger partial charge in [0.25, 0.3) is 5.91 Å². The van der Waals surface area contributed by atoms with Gasteiger partial charge in [0, 0.05) is 18.0 Å². The molecule has 1 aliphatic rings. The maximum atomic E-state index is 11.9. The third kappa shape index (κ3) is 2.17. The zero-order valence-corrected chi connectivity index (χ0v) is 8.80. The number of carbonyl (C=O) groups excluding carboxylic acids is 1. The van der Waals surface area contributed by atoms with Crippen LogP contribution < -0.4 is 0 Å². The Bertz CT molecular complexity index is 428. The van der Waals surface area contributed by atoms with E-state index >= 15 is 0 Å². The summed E-state index contributed by atoms with van der Waals surface area (Å²) in [6.45, 7) is 1.74. The van der Waals surface area contributed by atoms with Gasteiger partial charge in [0.1, 0.15) is 5.76 Å². The van der Waals surface area contributed by atoms with Crippen LogP contribution in [0, 0.1) is 0 Å². The highest BCUT2D eigenvalue weighted by Gasteiger charge is 2.21. The number of nitrogens with zero attached hydrogens (tertiary/aromatic N) is 4. The van der Waals surface area contributed by atoms with Gasteiger partial charge in [0.05, 0.1) is 6.54 Å². The van der Waals surface area contributed by atoms with Gasteiger partial charge in [0.2, 0.25) is 0 Å². The molecule has 0 bridgehead atoms. The molecule has 6 heteroatoms. The molecule has 1 aromatic heterocycles. The fourth-order valence-electron chi connectivity index (χ4n) is 1.76. The summed E-state index contributed by atoms with van der Waals surface area (Å²) in [5.41, 5.74) is 8.16. The second kappa shape index (κ2) is 4.72. The van der Waals surface area contributed by atoms with Crippen molar-refractivity contribution in [1.29, 1.82) is 0 Å². The summed E-state index contributed by atoms with van der Waals surface area (Å²) >= 11 is 0. The van der Waals surface area contributed by atoms with Crippen LogP contribution in [0.1, 0.15) is 29.2 Å². The van der Waals surface area contributed by atoms with Crippen molar-refractivity contribution in [3.63, 3.8) is 0 Å². The minimum atomic E-state index is -0.0790. The first-order valence-electron chi connectivity index (χ1n) is 5.20. The SMILES string of the molecule is [N-]=[N+]=NCc1ccc(C(=O)N2CCCC2)o1. The van der Waals surface area contributed by atoms with E-state index in [4.69, 9.17) is 9.95 Å². The molecule has 0 spiro atoms. The van der Waals surface area contributed by atoms with Crippen molar-refractivity contribution < 1.29 is 9.21 Å². The zero-order valence-electron chi connectivity index (χ0n) is 8.80. The van der Waals surface area contributed by atoms with Gasteiger partial charge in [-0.1, -0.05) is 5.11 Å². The van der Waals surface area contributed by atoms with E-state index in [-0.39, 0.29) is 12.5 Å². The van der Waals surface area contributed by atoms with Crippen LogP contribution in [-0.2, 0) is 6.54 Å². The fraction of sp³-hybridized carbons (Fsp3) is 0.500. The Kier molecular flexibility index (Phi) is 3.12. The molecular weight excluding hydrogens is 208 g/mol. The maximum absolute atomic E-state index is 11.9. The first kappa shape index (κ1) is 10.6. The molecule has 6 nitrogen and oxygen atoms in total. The number of rotatable bonds is 3. The smallest absolute Gasteiger partial charge is 0.289 e. The molecule has 0 unspecified atom stereocenters. The molecule has 2 rings (SSSR count). The molecule has 16 heavy (non-hydrogen) atoms. The summed E-state index contributed by atoms with van der Waals surface area (Å²) in [5.74, 6) is 0.759. The van der Waals surface area contributed by atoms with Gasteiger partial charge in [-0.05, 0) is 30.5 Å². The summed E-state index contributed by atoms with van der Waals surface area (Å²) < 4.78 is 5.30. The molecule has 1 aromatic rings. The molecule has 0 saturated carbocycles. The van der Waals surface area contributed by atoms with E-state index < -0.39 is 0 Å². The van der Waals surface area contributed by atoms with Crippen molar-refractivity contribution in [3.8, 4) is 0 Å². The van der Waals surface area contributed by atoms with Crippen LogP contribution in [0.2, 0.25) is 0 Å². The van der Waals surface area contributed by atoms with Gasteiger partial charge in [-0.3, -0.25) is 4.79 Å². The Hall–Kier alpha value is -1.94. The minimum absolute atomic E-state index is 0.0790. The number of azide groups is 1. The Balaban J connectivity index is 2.05. The van der Waals surface area contributed by atoms with E-state index in [2.05, 4.69) is 10.0 Å². The van der Waals surface area contributed by atoms with Crippen molar-refractivity contribution in [2.45, 2.75) is 19.4 Å². The highest BCUT2D eigenvalue weighted by molar-refractivity contribution is 5.91. The van der Waals surface area contributed by atoms with E-state index in [9.17, 15) is 4.79 Å². The second-order valence-electron chi connectivity index (χ2n) is 3.65. The lowest BCUT2D eigenvalue weighted by Gasteiger charge is -2.12. The van der Waals surface area contributed by atoms with Crippen LogP contribution >= 0.6 is 0 Å². The lowest BCUT2D eigenvalue weighted by atomic mass is 10.4. The van der Waals surface area contributed by atoms with Gasteiger partial charge in [-0.2, -0.15) is 0 Å². The standard InChI is InChI=1S/C10H12N4O2/c11-13-12-7-8-3-4-9(16-8)10(15)14-5-1-2-6-14/h3-4H,1-2,5-7H2. The van der Waals surface area contributed by atoms with Crippen molar-refractivity contribution >= 4 is 5.91 Å². The molecule has 1 fully saturated rings.